The van der Waals surface area contributed by atoms with Gasteiger partial charge in [0.15, 0.2) is 11.9 Å². The number of nitrogens with one attached hydrogen (secondary N) is 2. The van der Waals surface area contributed by atoms with Crippen LogP contribution in [-0.4, -0.2) is 88.6 Å². The Morgan fingerprint density at radius 1 is 1.06 bits per heavy atom. The van der Waals surface area contributed by atoms with Crippen LogP contribution in [0.4, 0.5) is 4.39 Å². The van der Waals surface area contributed by atoms with Crippen LogP contribution in [0.3, 0.4) is 0 Å². The molecular formula is C35H59FN6O6. The largest absolute Gasteiger partial charge is 0.453 e. The van der Waals surface area contributed by atoms with Gasteiger partial charge >= 0.3 is 5.97 Å². The number of amides is 1. The lowest BCUT2D eigenvalue weighted by molar-refractivity contribution is -0.159. The fourth-order valence-electron chi connectivity index (χ4n) is 6.44. The number of hydrogen-bond acceptors (Lipinski definition) is 10. The van der Waals surface area contributed by atoms with E-state index in [1.54, 1.807) is 13.8 Å². The number of aliphatic hydroxyl groups excluding tert-OH is 1. The summed E-state index contributed by atoms with van der Waals surface area (Å²) in [5.74, 6) is -3.48. The third-order valence-electron chi connectivity index (χ3n) is 9.59. The number of carbonyl (C=O) groups is 3. The number of hydrogen-bond donors (Lipinski definition) is 4. The lowest BCUT2D eigenvalue weighted by atomic mass is 9.85. The summed E-state index contributed by atoms with van der Waals surface area (Å²) in [5.41, 5.74) is 3.79. The molecule has 3 heterocycles. The second-order valence-electron chi connectivity index (χ2n) is 13.8. The predicted octanol–water partition coefficient (Wildman–Crippen LogP) is 5.09. The Morgan fingerprint density at radius 2 is 1.60 bits per heavy atom. The molecule has 0 saturated carbocycles. The van der Waals surface area contributed by atoms with E-state index in [9.17, 15) is 23.9 Å². The number of guanidine groups is 1. The highest BCUT2D eigenvalue weighted by atomic mass is 19.1. The van der Waals surface area contributed by atoms with Crippen molar-refractivity contribution in [2.75, 3.05) is 6.61 Å². The number of ketones is 1. The molecule has 1 saturated heterocycles. The monoisotopic (exact) mass is 678 g/mol. The number of fused-ring (bicyclic) bond motifs is 1. The average Bonchev–Trinajstić information content (AvgIpc) is 3.63. The standard InChI is InChI=1S/C35H59FN6O6/c1-4-5-6-7-8-9-10-11-12-13-14-15-16-17-18-19-20-26(48-31(45)29(37)24(2)3)30(44)35-32(40-34(38)41-33(35)46)42(23-39-35)28-21-25(36)27(22-43)47-28/h23-29,43H,4-22,37H2,1-3H3,(H2,38,41,46)/t25?,26?,27-,28-,29+,35?/m1/s1. The van der Waals surface area contributed by atoms with Gasteiger partial charge in [-0.05, 0) is 18.8 Å². The van der Waals surface area contributed by atoms with Gasteiger partial charge in [0.2, 0.25) is 11.7 Å². The molecule has 5 N–H and O–H groups in total. The molecule has 48 heavy (non-hydrogen) atoms. The van der Waals surface area contributed by atoms with Gasteiger partial charge in [0.05, 0.1) is 12.9 Å². The zero-order valence-electron chi connectivity index (χ0n) is 29.3. The molecule has 12 nitrogen and oxygen atoms in total. The van der Waals surface area contributed by atoms with Gasteiger partial charge in [-0.1, -0.05) is 117 Å². The second-order valence-corrected chi connectivity index (χ2v) is 13.8. The summed E-state index contributed by atoms with van der Waals surface area (Å²) in [7, 11) is 0. The van der Waals surface area contributed by atoms with Gasteiger partial charge in [-0.25, -0.2) is 9.38 Å². The van der Waals surface area contributed by atoms with Crippen LogP contribution in [0.25, 0.3) is 0 Å². The summed E-state index contributed by atoms with van der Waals surface area (Å²) in [4.78, 5) is 50.3. The molecule has 272 valence electrons. The molecule has 3 unspecified atom stereocenters. The van der Waals surface area contributed by atoms with Crippen molar-refractivity contribution < 1.29 is 33.4 Å². The van der Waals surface area contributed by atoms with E-state index in [0.29, 0.717) is 6.42 Å². The number of unbranched alkanes of at least 4 members (excludes halogenated alkanes) is 15. The fourth-order valence-corrected chi connectivity index (χ4v) is 6.44. The number of esters is 1. The first-order valence-electron chi connectivity index (χ1n) is 18.3. The number of aliphatic imine (C=N–C) groups is 2. The Morgan fingerprint density at radius 3 is 2.10 bits per heavy atom. The number of nitrogens with zero attached hydrogens (tertiary/aromatic N) is 3. The van der Waals surface area contributed by atoms with Crippen molar-refractivity contribution in [1.82, 2.24) is 10.2 Å². The Hall–Kier alpha value is -2.77. The molecule has 1 amide bonds. The van der Waals surface area contributed by atoms with Crippen LogP contribution in [0.2, 0.25) is 0 Å². The van der Waals surface area contributed by atoms with Crippen molar-refractivity contribution in [2.45, 2.75) is 173 Å². The van der Waals surface area contributed by atoms with E-state index in [0.717, 1.165) is 25.7 Å². The highest BCUT2D eigenvalue weighted by molar-refractivity contribution is 6.39. The molecule has 0 aliphatic carbocycles. The van der Waals surface area contributed by atoms with Crippen molar-refractivity contribution in [3.8, 4) is 0 Å². The number of nitrogens with two attached hydrogens (primary N) is 1. The molecule has 1 fully saturated rings. The Balaban J connectivity index is 1.55. The third-order valence-corrected chi connectivity index (χ3v) is 9.59. The minimum atomic E-state index is -2.25. The van der Waals surface area contributed by atoms with Crippen LogP contribution >= 0.6 is 0 Å². The molecule has 0 radical (unpaired) electrons. The molecular weight excluding hydrogens is 619 g/mol. The molecule has 3 rings (SSSR count). The fraction of sp³-hybridized carbons (Fsp3) is 0.829. The summed E-state index contributed by atoms with van der Waals surface area (Å²) >= 11 is 0. The molecule has 3 aliphatic rings. The van der Waals surface area contributed by atoms with Gasteiger partial charge in [0.1, 0.15) is 24.5 Å². The van der Waals surface area contributed by atoms with E-state index in [4.69, 9.17) is 20.6 Å². The minimum absolute atomic E-state index is 0.155. The van der Waals surface area contributed by atoms with Crippen molar-refractivity contribution in [3.63, 3.8) is 0 Å². The quantitative estimate of drug-likeness (QED) is 0.0619. The first-order valence-corrected chi connectivity index (χ1v) is 18.3. The van der Waals surface area contributed by atoms with Gasteiger partial charge < -0.3 is 20.3 Å². The van der Waals surface area contributed by atoms with Crippen LogP contribution in [0, 0.1) is 11.3 Å². The average molecular weight is 679 g/mol. The molecule has 3 aliphatic heterocycles. The van der Waals surface area contributed by atoms with Gasteiger partial charge in [-0.15, -0.1) is 0 Å². The maximum absolute atomic E-state index is 14.5. The number of halogens is 1. The lowest BCUT2D eigenvalue weighted by Gasteiger charge is -2.34. The smallest absolute Gasteiger partial charge is 0.323 e. The first kappa shape index (κ1) is 39.7. The minimum Gasteiger partial charge on any atom is -0.453 e. The zero-order chi connectivity index (χ0) is 35.1. The molecule has 0 aromatic carbocycles. The lowest BCUT2D eigenvalue weighted by Crippen LogP contribution is -2.65. The maximum Gasteiger partial charge on any atom is 0.323 e. The highest BCUT2D eigenvalue weighted by Crippen LogP contribution is 2.34. The van der Waals surface area contributed by atoms with E-state index in [1.807, 2.05) is 0 Å². The van der Waals surface area contributed by atoms with Crippen LogP contribution in [0.15, 0.2) is 9.98 Å². The van der Waals surface area contributed by atoms with Crippen LogP contribution in [-0.2, 0) is 23.9 Å². The number of Topliss-reactive ketones (excluding diaryl/α,β-unsaturated/α-hetero) is 1. The van der Waals surface area contributed by atoms with Gasteiger partial charge in [-0.2, -0.15) is 4.99 Å². The van der Waals surface area contributed by atoms with E-state index in [-0.39, 0.29) is 24.6 Å². The zero-order valence-corrected chi connectivity index (χ0v) is 29.3. The summed E-state index contributed by atoms with van der Waals surface area (Å²) in [6.45, 7) is 5.22. The first-order chi connectivity index (χ1) is 23.1. The predicted molar refractivity (Wildman–Crippen MR) is 183 cm³/mol. The number of aliphatic hydroxyl groups is 1. The molecule has 0 aromatic rings. The summed E-state index contributed by atoms with van der Waals surface area (Å²) in [6.07, 6.45) is 15.2. The van der Waals surface area contributed by atoms with Gasteiger partial charge in [-0.3, -0.25) is 30.0 Å². The SMILES string of the molecule is CCCCCCCCCCCCCCCCCCC(OC(=O)[C@@H](N)C(C)C)C(=O)C12N=CN([C@H]3CC(F)[C@@H](CO)O3)C1=NC(=N)NC2=O. The van der Waals surface area contributed by atoms with Crippen LogP contribution in [0.5, 0.6) is 0 Å². The maximum atomic E-state index is 14.5. The Kier molecular flexibility index (Phi) is 16.6. The Bertz CT molecular complexity index is 1130. The summed E-state index contributed by atoms with van der Waals surface area (Å²) in [5, 5.41) is 19.7. The normalized spacial score (nSPS) is 24.9. The van der Waals surface area contributed by atoms with E-state index in [2.05, 4.69) is 22.2 Å². The molecule has 13 heteroatoms. The van der Waals surface area contributed by atoms with E-state index >= 15 is 0 Å². The summed E-state index contributed by atoms with van der Waals surface area (Å²) < 4.78 is 25.8. The summed E-state index contributed by atoms with van der Waals surface area (Å²) in [6, 6.07) is -0.975. The molecule has 0 spiro atoms. The number of amidine groups is 1. The topological polar surface area (TPSA) is 180 Å². The molecule has 6 atom stereocenters. The number of ether oxygens (including phenoxy) is 2. The van der Waals surface area contributed by atoms with Crippen molar-refractivity contribution in [2.24, 2.45) is 21.6 Å². The molecule has 0 aromatic heterocycles. The number of carbonyl (C=O) groups excluding carboxylic acids is 3. The van der Waals surface area contributed by atoms with Crippen molar-refractivity contribution >= 4 is 35.8 Å². The highest BCUT2D eigenvalue weighted by Gasteiger charge is 2.61. The Labute approximate surface area is 285 Å². The van der Waals surface area contributed by atoms with Gasteiger partial charge in [0.25, 0.3) is 11.4 Å². The third kappa shape index (κ3) is 10.6. The second kappa shape index (κ2) is 20.0. The van der Waals surface area contributed by atoms with E-state index in [1.165, 1.54) is 81.9 Å². The number of alkyl halides is 1. The van der Waals surface area contributed by atoms with Crippen molar-refractivity contribution in [1.29, 1.82) is 5.41 Å². The van der Waals surface area contributed by atoms with E-state index < -0.39 is 66.4 Å². The van der Waals surface area contributed by atoms with Crippen LogP contribution in [0.1, 0.15) is 136 Å². The van der Waals surface area contributed by atoms with Crippen molar-refractivity contribution in [3.05, 3.63) is 0 Å². The van der Waals surface area contributed by atoms with Gasteiger partial charge in [0, 0.05) is 6.42 Å². The van der Waals surface area contributed by atoms with Crippen LogP contribution < -0.4 is 11.1 Å². The molecule has 0 bridgehead atoms. The number of rotatable bonds is 24.